The lowest BCUT2D eigenvalue weighted by atomic mass is 10.2. The highest BCUT2D eigenvalue weighted by molar-refractivity contribution is 9.09. The van der Waals surface area contributed by atoms with Gasteiger partial charge in [-0.25, -0.2) is 0 Å². The molecule has 0 spiro atoms. The molecule has 1 nitrogen and oxygen atoms in total. The molecule has 0 radical (unpaired) electrons. The van der Waals surface area contributed by atoms with E-state index in [0.29, 0.717) is 4.95 Å². The van der Waals surface area contributed by atoms with Gasteiger partial charge in [-0.05, 0) is 25.0 Å². The van der Waals surface area contributed by atoms with E-state index in [-0.39, 0.29) is 0 Å². The Bertz CT molecular complexity index is 283. The zero-order valence-electron chi connectivity index (χ0n) is 7.13. The van der Waals surface area contributed by atoms with Gasteiger partial charge in [0.15, 0.2) is 0 Å². The lowest BCUT2D eigenvalue weighted by Crippen LogP contribution is -2.25. The number of halogens is 1. The minimum Gasteiger partial charge on any atom is -0.359 e. The average Bonchev–Trinajstić information content (AvgIpc) is 2.47. The van der Waals surface area contributed by atoms with Crippen molar-refractivity contribution in [2.75, 3.05) is 11.4 Å². The van der Waals surface area contributed by atoms with E-state index in [1.807, 2.05) is 0 Å². The summed E-state index contributed by atoms with van der Waals surface area (Å²) in [6.45, 7) is 3.31. The standard InChI is InChI=1S/C10H12BrN/c1-8(11)12-7-6-9-4-2-3-5-10(9)12/h2-5,8H,6-7H2,1H3. The van der Waals surface area contributed by atoms with Gasteiger partial charge in [0, 0.05) is 12.2 Å². The van der Waals surface area contributed by atoms with Crippen LogP contribution in [0.3, 0.4) is 0 Å². The maximum atomic E-state index is 3.60. The van der Waals surface area contributed by atoms with Crippen LogP contribution < -0.4 is 4.90 Å². The van der Waals surface area contributed by atoms with Gasteiger partial charge in [0.1, 0.15) is 0 Å². The first kappa shape index (κ1) is 8.11. The molecule has 0 N–H and O–H groups in total. The van der Waals surface area contributed by atoms with Crippen LogP contribution in [-0.4, -0.2) is 11.5 Å². The second-order valence-electron chi connectivity index (χ2n) is 3.15. The van der Waals surface area contributed by atoms with Crippen LogP contribution in [0.1, 0.15) is 12.5 Å². The summed E-state index contributed by atoms with van der Waals surface area (Å²) >= 11 is 3.60. The van der Waals surface area contributed by atoms with Crippen molar-refractivity contribution in [2.45, 2.75) is 18.3 Å². The zero-order chi connectivity index (χ0) is 8.55. The van der Waals surface area contributed by atoms with Crippen molar-refractivity contribution in [1.29, 1.82) is 0 Å². The first-order chi connectivity index (χ1) is 5.79. The lowest BCUT2D eigenvalue weighted by molar-refractivity contribution is 0.837. The molecule has 0 fully saturated rings. The van der Waals surface area contributed by atoms with Crippen molar-refractivity contribution >= 4 is 21.6 Å². The van der Waals surface area contributed by atoms with Crippen LogP contribution >= 0.6 is 15.9 Å². The largest absolute Gasteiger partial charge is 0.359 e. The number of para-hydroxylation sites is 1. The normalized spacial score (nSPS) is 17.7. The SMILES string of the molecule is CC(Br)N1CCc2ccccc21. The molecule has 64 valence electrons. The fourth-order valence-corrected chi connectivity index (χ4v) is 2.16. The molecule has 1 aliphatic rings. The molecule has 2 heteroatoms. The van der Waals surface area contributed by atoms with E-state index in [1.165, 1.54) is 17.7 Å². The maximum absolute atomic E-state index is 3.60. The molecule has 1 aliphatic heterocycles. The molecule has 0 amide bonds. The van der Waals surface area contributed by atoms with E-state index in [0.717, 1.165) is 6.54 Å². The topological polar surface area (TPSA) is 3.24 Å². The Kier molecular flexibility index (Phi) is 2.09. The molecule has 1 heterocycles. The predicted molar refractivity (Wildman–Crippen MR) is 55.9 cm³/mol. The predicted octanol–water partition coefficient (Wildman–Crippen LogP) is 2.79. The van der Waals surface area contributed by atoms with E-state index in [2.05, 4.69) is 52.0 Å². The van der Waals surface area contributed by atoms with Crippen LogP contribution in [0.25, 0.3) is 0 Å². The molecule has 0 bridgehead atoms. The summed E-state index contributed by atoms with van der Waals surface area (Å²) in [4.78, 5) is 2.83. The van der Waals surface area contributed by atoms with Gasteiger partial charge < -0.3 is 4.90 Å². The average molecular weight is 226 g/mol. The van der Waals surface area contributed by atoms with Gasteiger partial charge in [-0.2, -0.15) is 0 Å². The summed E-state index contributed by atoms with van der Waals surface area (Å²) in [6, 6.07) is 8.62. The highest BCUT2D eigenvalue weighted by Crippen LogP contribution is 2.30. The second-order valence-corrected chi connectivity index (χ2v) is 4.47. The zero-order valence-corrected chi connectivity index (χ0v) is 8.71. The van der Waals surface area contributed by atoms with Crippen molar-refractivity contribution in [3.05, 3.63) is 29.8 Å². The first-order valence-electron chi connectivity index (χ1n) is 4.27. The van der Waals surface area contributed by atoms with E-state index in [9.17, 15) is 0 Å². The third-order valence-electron chi connectivity index (χ3n) is 2.35. The number of fused-ring (bicyclic) bond motifs is 1. The van der Waals surface area contributed by atoms with Crippen LogP contribution in [0.5, 0.6) is 0 Å². The third kappa shape index (κ3) is 1.24. The molecule has 1 atom stereocenters. The summed E-state index contributed by atoms with van der Waals surface area (Å²) in [6.07, 6.45) is 1.19. The van der Waals surface area contributed by atoms with Crippen LogP contribution in [0.2, 0.25) is 0 Å². The Morgan fingerprint density at radius 3 is 2.92 bits per heavy atom. The molecular formula is C10H12BrN. The molecular weight excluding hydrogens is 214 g/mol. The number of anilines is 1. The molecule has 1 aromatic carbocycles. The minimum absolute atomic E-state index is 0.446. The van der Waals surface area contributed by atoms with Gasteiger partial charge in [0.05, 0.1) is 4.95 Å². The quantitative estimate of drug-likeness (QED) is 0.525. The number of rotatable bonds is 1. The molecule has 0 aromatic heterocycles. The number of alkyl halides is 1. The number of nitrogens with zero attached hydrogens (tertiary/aromatic N) is 1. The summed E-state index contributed by atoms with van der Waals surface area (Å²) in [7, 11) is 0. The van der Waals surface area contributed by atoms with Gasteiger partial charge in [0.25, 0.3) is 0 Å². The summed E-state index contributed by atoms with van der Waals surface area (Å²) in [5.41, 5.74) is 2.87. The Morgan fingerprint density at radius 2 is 2.17 bits per heavy atom. The van der Waals surface area contributed by atoms with Crippen molar-refractivity contribution in [2.24, 2.45) is 0 Å². The van der Waals surface area contributed by atoms with Gasteiger partial charge in [0.2, 0.25) is 0 Å². The highest BCUT2D eigenvalue weighted by atomic mass is 79.9. The van der Waals surface area contributed by atoms with Crippen LogP contribution in [0.15, 0.2) is 24.3 Å². The molecule has 0 aliphatic carbocycles. The van der Waals surface area contributed by atoms with E-state index < -0.39 is 0 Å². The van der Waals surface area contributed by atoms with Crippen LogP contribution in [0.4, 0.5) is 5.69 Å². The second kappa shape index (κ2) is 3.09. The van der Waals surface area contributed by atoms with Crippen molar-refractivity contribution in [3.63, 3.8) is 0 Å². The summed E-state index contributed by atoms with van der Waals surface area (Å²) in [5.74, 6) is 0. The maximum Gasteiger partial charge on any atom is 0.0818 e. The van der Waals surface area contributed by atoms with Gasteiger partial charge in [-0.15, -0.1) is 0 Å². The van der Waals surface area contributed by atoms with Gasteiger partial charge >= 0.3 is 0 Å². The number of benzene rings is 1. The van der Waals surface area contributed by atoms with Gasteiger partial charge in [-0.3, -0.25) is 0 Å². The molecule has 0 saturated carbocycles. The smallest absolute Gasteiger partial charge is 0.0818 e. The Morgan fingerprint density at radius 1 is 1.42 bits per heavy atom. The van der Waals surface area contributed by atoms with Crippen LogP contribution in [-0.2, 0) is 6.42 Å². The highest BCUT2D eigenvalue weighted by Gasteiger charge is 2.20. The Balaban J connectivity index is 2.36. The monoisotopic (exact) mass is 225 g/mol. The van der Waals surface area contributed by atoms with Crippen molar-refractivity contribution in [1.82, 2.24) is 0 Å². The summed E-state index contributed by atoms with van der Waals surface area (Å²) in [5, 5.41) is 0. The fourth-order valence-electron chi connectivity index (χ4n) is 1.73. The van der Waals surface area contributed by atoms with E-state index in [1.54, 1.807) is 0 Å². The van der Waals surface area contributed by atoms with Crippen molar-refractivity contribution < 1.29 is 0 Å². The lowest BCUT2D eigenvalue weighted by Gasteiger charge is -2.22. The first-order valence-corrected chi connectivity index (χ1v) is 5.19. The number of hydrogen-bond acceptors (Lipinski definition) is 1. The molecule has 0 saturated heterocycles. The van der Waals surface area contributed by atoms with Crippen molar-refractivity contribution in [3.8, 4) is 0 Å². The minimum atomic E-state index is 0.446. The Hall–Kier alpha value is -0.500. The third-order valence-corrected chi connectivity index (χ3v) is 2.85. The molecule has 1 aromatic rings. The Labute approximate surface area is 81.5 Å². The molecule has 12 heavy (non-hydrogen) atoms. The molecule has 1 unspecified atom stereocenters. The summed E-state index contributed by atoms with van der Waals surface area (Å²) < 4.78 is 0. The molecule has 2 rings (SSSR count). The van der Waals surface area contributed by atoms with E-state index >= 15 is 0 Å². The van der Waals surface area contributed by atoms with Gasteiger partial charge in [-0.1, -0.05) is 34.1 Å². The number of hydrogen-bond donors (Lipinski definition) is 0. The fraction of sp³-hybridized carbons (Fsp3) is 0.400. The van der Waals surface area contributed by atoms with Crippen LogP contribution in [0, 0.1) is 0 Å². The van der Waals surface area contributed by atoms with E-state index in [4.69, 9.17) is 0 Å².